The number of nitrogens with one attached hydrogen (secondary N) is 2. The van der Waals surface area contributed by atoms with E-state index in [2.05, 4.69) is 33.0 Å². The monoisotopic (exact) mass is 412 g/mol. The molecule has 0 aliphatic carbocycles. The lowest BCUT2D eigenvalue weighted by molar-refractivity contribution is 0.517. The number of aromatic nitrogens is 2. The normalized spacial score (nSPS) is 16.6. The molecular weight excluding hydrogens is 384 g/mol. The van der Waals surface area contributed by atoms with Crippen LogP contribution >= 0.6 is 0 Å². The fourth-order valence-corrected chi connectivity index (χ4v) is 4.41. The number of benzene rings is 1. The number of hydrogen-bond donors (Lipinski definition) is 2. The van der Waals surface area contributed by atoms with Gasteiger partial charge in [-0.1, -0.05) is 30.3 Å². The third-order valence-corrected chi connectivity index (χ3v) is 6.22. The lowest BCUT2D eigenvalue weighted by Crippen LogP contribution is -2.27. The standard InChI is InChI=1S/C25H28N6/c26-24(29-13-1-2-14-29)20-8-5-19(6-9-20)7-11-22-18-31-17-21(10-12-23(31)28-22)25(27)30-15-3-4-16-30/h5-12,17-18,26-27H,1-4,13-16H2/b11-7+,26-24?,27-25?. The third kappa shape index (κ3) is 4.10. The molecule has 158 valence electrons. The van der Waals surface area contributed by atoms with Crippen LogP contribution in [0.25, 0.3) is 17.8 Å². The Morgan fingerprint density at radius 1 is 0.710 bits per heavy atom. The van der Waals surface area contributed by atoms with Crippen molar-refractivity contribution >= 4 is 29.5 Å². The number of fused-ring (bicyclic) bond motifs is 1. The Balaban J connectivity index is 1.29. The summed E-state index contributed by atoms with van der Waals surface area (Å²) in [5, 5.41) is 16.8. The highest BCUT2D eigenvalue weighted by Crippen LogP contribution is 2.17. The van der Waals surface area contributed by atoms with Gasteiger partial charge in [0.05, 0.1) is 5.69 Å². The SMILES string of the molecule is N=C(c1ccc(/C=C/c2cn3cc(C(=N)N4CCCC4)ccc3n2)cc1)N1CCCC1. The van der Waals surface area contributed by atoms with Gasteiger partial charge < -0.3 is 14.2 Å². The van der Waals surface area contributed by atoms with E-state index < -0.39 is 0 Å². The second-order valence-corrected chi connectivity index (χ2v) is 8.39. The number of pyridine rings is 1. The molecule has 5 rings (SSSR count). The molecule has 0 spiro atoms. The molecule has 0 amide bonds. The van der Waals surface area contributed by atoms with E-state index in [1.54, 1.807) is 0 Å². The Hall–Kier alpha value is -3.41. The van der Waals surface area contributed by atoms with Crippen LogP contribution < -0.4 is 0 Å². The molecule has 6 heteroatoms. The second kappa shape index (κ2) is 8.38. The highest BCUT2D eigenvalue weighted by Gasteiger charge is 2.17. The van der Waals surface area contributed by atoms with Gasteiger partial charge in [0, 0.05) is 49.7 Å². The fourth-order valence-electron chi connectivity index (χ4n) is 4.41. The largest absolute Gasteiger partial charge is 0.357 e. The van der Waals surface area contributed by atoms with Gasteiger partial charge in [-0.15, -0.1) is 0 Å². The van der Waals surface area contributed by atoms with Crippen molar-refractivity contribution in [3.8, 4) is 0 Å². The Kier molecular flexibility index (Phi) is 5.28. The molecule has 4 heterocycles. The second-order valence-electron chi connectivity index (χ2n) is 8.39. The van der Waals surface area contributed by atoms with E-state index in [4.69, 9.17) is 10.8 Å². The van der Waals surface area contributed by atoms with Crippen molar-refractivity contribution < 1.29 is 0 Å². The first-order valence-corrected chi connectivity index (χ1v) is 11.1. The minimum absolute atomic E-state index is 0.602. The van der Waals surface area contributed by atoms with Gasteiger partial charge in [-0.25, -0.2) is 4.98 Å². The average Bonchev–Trinajstić information content (AvgIpc) is 3.57. The van der Waals surface area contributed by atoms with Crippen LogP contribution in [0.5, 0.6) is 0 Å². The van der Waals surface area contributed by atoms with Gasteiger partial charge in [0.25, 0.3) is 0 Å². The number of hydrogen-bond acceptors (Lipinski definition) is 3. The molecule has 3 aromatic rings. The number of likely N-dealkylation sites (tertiary alicyclic amines) is 2. The van der Waals surface area contributed by atoms with Crippen molar-refractivity contribution in [2.24, 2.45) is 0 Å². The van der Waals surface area contributed by atoms with Crippen LogP contribution in [-0.4, -0.2) is 57.0 Å². The van der Waals surface area contributed by atoms with Crippen LogP contribution in [0.4, 0.5) is 0 Å². The zero-order valence-corrected chi connectivity index (χ0v) is 17.7. The van der Waals surface area contributed by atoms with Crippen LogP contribution in [0, 0.1) is 10.8 Å². The fraction of sp³-hybridized carbons (Fsp3) is 0.320. The first-order chi connectivity index (χ1) is 15.2. The van der Waals surface area contributed by atoms with Crippen LogP contribution in [0.2, 0.25) is 0 Å². The van der Waals surface area contributed by atoms with Gasteiger partial charge in [0.1, 0.15) is 17.3 Å². The number of imidazole rings is 1. The molecule has 0 atom stereocenters. The molecule has 1 aromatic carbocycles. The van der Waals surface area contributed by atoms with Crippen LogP contribution in [0.15, 0.2) is 48.8 Å². The molecule has 0 bridgehead atoms. The molecule has 2 saturated heterocycles. The van der Waals surface area contributed by atoms with E-state index >= 15 is 0 Å². The van der Waals surface area contributed by atoms with E-state index in [0.29, 0.717) is 11.7 Å². The van der Waals surface area contributed by atoms with Crippen molar-refractivity contribution in [1.82, 2.24) is 19.2 Å². The van der Waals surface area contributed by atoms with Gasteiger partial charge in [0.15, 0.2) is 0 Å². The summed E-state index contributed by atoms with van der Waals surface area (Å²) in [5.41, 5.74) is 4.76. The molecule has 2 fully saturated rings. The Morgan fingerprint density at radius 2 is 1.29 bits per heavy atom. The maximum atomic E-state index is 8.46. The lowest BCUT2D eigenvalue weighted by atomic mass is 10.1. The van der Waals surface area contributed by atoms with Crippen molar-refractivity contribution in [2.45, 2.75) is 25.7 Å². The summed E-state index contributed by atoms with van der Waals surface area (Å²) >= 11 is 0. The van der Waals surface area contributed by atoms with Crippen molar-refractivity contribution in [3.05, 3.63) is 71.2 Å². The van der Waals surface area contributed by atoms with Gasteiger partial charge in [0.2, 0.25) is 0 Å². The molecule has 2 aliphatic heterocycles. The summed E-state index contributed by atoms with van der Waals surface area (Å²) in [4.78, 5) is 8.97. The Labute approximate surface area is 182 Å². The van der Waals surface area contributed by atoms with Gasteiger partial charge in [-0.3, -0.25) is 10.8 Å². The number of amidine groups is 2. The van der Waals surface area contributed by atoms with E-state index in [1.165, 1.54) is 25.7 Å². The Morgan fingerprint density at radius 3 is 1.94 bits per heavy atom. The van der Waals surface area contributed by atoms with Crippen LogP contribution in [-0.2, 0) is 0 Å². The van der Waals surface area contributed by atoms with E-state index in [1.807, 2.05) is 47.1 Å². The van der Waals surface area contributed by atoms with Crippen molar-refractivity contribution in [1.29, 1.82) is 10.8 Å². The smallest absolute Gasteiger partial charge is 0.137 e. The third-order valence-electron chi connectivity index (χ3n) is 6.22. The van der Waals surface area contributed by atoms with Gasteiger partial charge in [-0.05, 0) is 49.5 Å². The maximum Gasteiger partial charge on any atom is 0.137 e. The van der Waals surface area contributed by atoms with Crippen molar-refractivity contribution in [2.75, 3.05) is 26.2 Å². The Bertz CT molecular complexity index is 1130. The van der Waals surface area contributed by atoms with Crippen molar-refractivity contribution in [3.63, 3.8) is 0 Å². The molecule has 0 unspecified atom stereocenters. The average molecular weight is 413 g/mol. The predicted octanol–water partition coefficient (Wildman–Crippen LogP) is 4.35. The molecule has 2 N–H and O–H groups in total. The molecule has 0 saturated carbocycles. The summed E-state index contributed by atoms with van der Waals surface area (Å²) in [7, 11) is 0. The van der Waals surface area contributed by atoms with Crippen LogP contribution in [0.3, 0.4) is 0 Å². The summed E-state index contributed by atoms with van der Waals surface area (Å²) < 4.78 is 2.00. The summed E-state index contributed by atoms with van der Waals surface area (Å²) in [6, 6.07) is 12.1. The van der Waals surface area contributed by atoms with Gasteiger partial charge in [-0.2, -0.15) is 0 Å². The lowest BCUT2D eigenvalue weighted by Gasteiger charge is -2.18. The first kappa shape index (κ1) is 19.5. The van der Waals surface area contributed by atoms with E-state index in [0.717, 1.165) is 54.2 Å². The summed E-state index contributed by atoms with van der Waals surface area (Å²) in [6.45, 7) is 3.94. The predicted molar refractivity (Wildman–Crippen MR) is 126 cm³/mol. The van der Waals surface area contributed by atoms with E-state index in [9.17, 15) is 0 Å². The minimum atomic E-state index is 0.602. The molecule has 31 heavy (non-hydrogen) atoms. The van der Waals surface area contributed by atoms with Gasteiger partial charge >= 0.3 is 0 Å². The van der Waals surface area contributed by atoms with Crippen LogP contribution in [0.1, 0.15) is 48.1 Å². The minimum Gasteiger partial charge on any atom is -0.357 e. The number of nitrogens with zero attached hydrogens (tertiary/aromatic N) is 4. The quantitative estimate of drug-likeness (QED) is 0.494. The molecule has 0 radical (unpaired) electrons. The topological polar surface area (TPSA) is 71.5 Å². The summed E-state index contributed by atoms with van der Waals surface area (Å²) in [6.07, 6.45) is 12.8. The highest BCUT2D eigenvalue weighted by molar-refractivity contribution is 5.97. The molecule has 2 aromatic heterocycles. The zero-order chi connectivity index (χ0) is 21.2. The number of rotatable bonds is 4. The molecular formula is C25H28N6. The van der Waals surface area contributed by atoms with E-state index in [-0.39, 0.29) is 0 Å². The maximum absolute atomic E-state index is 8.46. The zero-order valence-electron chi connectivity index (χ0n) is 17.7. The highest BCUT2D eigenvalue weighted by atomic mass is 15.2. The first-order valence-electron chi connectivity index (χ1n) is 11.1. The molecule has 6 nitrogen and oxygen atoms in total. The summed E-state index contributed by atoms with van der Waals surface area (Å²) in [5.74, 6) is 1.23. The molecule has 2 aliphatic rings.